The van der Waals surface area contributed by atoms with Gasteiger partial charge in [-0.3, -0.25) is 9.59 Å². The Morgan fingerprint density at radius 3 is 1.49 bits per heavy atom. The van der Waals surface area contributed by atoms with Crippen molar-refractivity contribution in [2.45, 2.75) is 163 Å². The molecule has 4 heteroatoms. The van der Waals surface area contributed by atoms with Gasteiger partial charge >= 0.3 is 11.9 Å². The molecular formula is C31H60O4. The fourth-order valence-corrected chi connectivity index (χ4v) is 4.54. The van der Waals surface area contributed by atoms with Crippen LogP contribution in [0.1, 0.15) is 163 Å². The fourth-order valence-electron chi connectivity index (χ4n) is 4.54. The van der Waals surface area contributed by atoms with Gasteiger partial charge in [-0.2, -0.15) is 0 Å². The van der Waals surface area contributed by atoms with Gasteiger partial charge in [0, 0.05) is 6.42 Å². The average Bonchev–Trinajstić information content (AvgIpc) is 2.83. The molecule has 0 saturated heterocycles. The highest BCUT2D eigenvalue weighted by molar-refractivity contribution is 5.72. The van der Waals surface area contributed by atoms with Crippen molar-refractivity contribution in [1.82, 2.24) is 0 Å². The number of esters is 2. The second-order valence-corrected chi connectivity index (χ2v) is 10.8. The molecule has 1 atom stereocenters. The standard InChI is InChI=1S/C31H60O4/c1-5-7-9-18-22-26-34-30(32)25-21-17-15-13-11-12-14-16-20-24-29(28(3)4)31(33)35-27-23-19-10-8-6-2/h28-29H,5-27H2,1-4H3. The summed E-state index contributed by atoms with van der Waals surface area (Å²) in [4.78, 5) is 24.2. The van der Waals surface area contributed by atoms with Gasteiger partial charge in [-0.15, -0.1) is 0 Å². The summed E-state index contributed by atoms with van der Waals surface area (Å²) in [6.45, 7) is 9.89. The minimum Gasteiger partial charge on any atom is -0.466 e. The first-order valence-electron chi connectivity index (χ1n) is 15.3. The molecule has 0 aliphatic carbocycles. The highest BCUT2D eigenvalue weighted by atomic mass is 16.5. The molecule has 0 amide bonds. The predicted molar refractivity (Wildman–Crippen MR) is 149 cm³/mol. The number of carbonyl (C=O) groups is 2. The van der Waals surface area contributed by atoms with Gasteiger partial charge in [-0.1, -0.05) is 130 Å². The van der Waals surface area contributed by atoms with Gasteiger partial charge in [0.15, 0.2) is 0 Å². The topological polar surface area (TPSA) is 52.6 Å². The Morgan fingerprint density at radius 2 is 0.971 bits per heavy atom. The lowest BCUT2D eigenvalue weighted by Crippen LogP contribution is -2.23. The molecule has 0 aromatic rings. The number of hydrogen-bond donors (Lipinski definition) is 0. The van der Waals surface area contributed by atoms with Gasteiger partial charge in [-0.05, 0) is 31.6 Å². The van der Waals surface area contributed by atoms with Crippen LogP contribution in [-0.4, -0.2) is 25.2 Å². The van der Waals surface area contributed by atoms with Crippen LogP contribution in [-0.2, 0) is 19.1 Å². The van der Waals surface area contributed by atoms with Crippen LogP contribution in [0, 0.1) is 11.8 Å². The molecule has 0 radical (unpaired) electrons. The molecule has 0 rings (SSSR count). The van der Waals surface area contributed by atoms with Crippen LogP contribution >= 0.6 is 0 Å². The van der Waals surface area contributed by atoms with E-state index in [0.29, 0.717) is 25.6 Å². The molecule has 0 spiro atoms. The third kappa shape index (κ3) is 23.1. The predicted octanol–water partition coefficient (Wildman–Crippen LogP) is 9.58. The van der Waals surface area contributed by atoms with Gasteiger partial charge in [0.05, 0.1) is 19.1 Å². The largest absolute Gasteiger partial charge is 0.466 e. The number of carbonyl (C=O) groups excluding carboxylic acids is 2. The smallest absolute Gasteiger partial charge is 0.309 e. The Hall–Kier alpha value is -1.06. The maximum absolute atomic E-state index is 12.5. The monoisotopic (exact) mass is 496 g/mol. The van der Waals surface area contributed by atoms with E-state index in [1.165, 1.54) is 89.9 Å². The molecule has 4 nitrogen and oxygen atoms in total. The zero-order chi connectivity index (χ0) is 26.0. The molecule has 0 heterocycles. The summed E-state index contributed by atoms with van der Waals surface area (Å²) in [7, 11) is 0. The van der Waals surface area contributed by atoms with Gasteiger partial charge in [-0.25, -0.2) is 0 Å². The van der Waals surface area contributed by atoms with E-state index in [1.54, 1.807) is 0 Å². The van der Waals surface area contributed by atoms with Crippen molar-refractivity contribution in [3.05, 3.63) is 0 Å². The van der Waals surface area contributed by atoms with Crippen molar-refractivity contribution in [1.29, 1.82) is 0 Å². The quantitative estimate of drug-likeness (QED) is 0.0883. The van der Waals surface area contributed by atoms with Crippen LogP contribution in [0.15, 0.2) is 0 Å². The van der Waals surface area contributed by atoms with Crippen molar-refractivity contribution in [2.75, 3.05) is 13.2 Å². The SMILES string of the molecule is CCCCCCCOC(=O)CCCCCCCCCCCC(C(=O)OCCCCCCC)C(C)C. The van der Waals surface area contributed by atoms with Crippen LogP contribution in [0.5, 0.6) is 0 Å². The number of unbranched alkanes of at least 4 members (excludes halogenated alkanes) is 16. The summed E-state index contributed by atoms with van der Waals surface area (Å²) in [6.07, 6.45) is 24.1. The fraction of sp³-hybridized carbons (Fsp3) is 0.935. The first-order chi connectivity index (χ1) is 17.0. The van der Waals surface area contributed by atoms with E-state index < -0.39 is 0 Å². The third-order valence-corrected chi connectivity index (χ3v) is 7.01. The molecule has 208 valence electrons. The van der Waals surface area contributed by atoms with Crippen molar-refractivity contribution < 1.29 is 19.1 Å². The van der Waals surface area contributed by atoms with Gasteiger partial charge in [0.1, 0.15) is 0 Å². The van der Waals surface area contributed by atoms with E-state index >= 15 is 0 Å². The molecule has 0 bridgehead atoms. The maximum Gasteiger partial charge on any atom is 0.309 e. The zero-order valence-corrected chi connectivity index (χ0v) is 24.1. The second-order valence-electron chi connectivity index (χ2n) is 10.8. The first kappa shape index (κ1) is 33.9. The van der Waals surface area contributed by atoms with E-state index in [4.69, 9.17) is 9.47 Å². The van der Waals surface area contributed by atoms with Crippen LogP contribution in [0.3, 0.4) is 0 Å². The highest BCUT2D eigenvalue weighted by Gasteiger charge is 2.23. The van der Waals surface area contributed by atoms with Crippen LogP contribution < -0.4 is 0 Å². The Bertz CT molecular complexity index is 475. The third-order valence-electron chi connectivity index (χ3n) is 7.01. The number of ether oxygens (including phenoxy) is 2. The molecule has 0 N–H and O–H groups in total. The number of hydrogen-bond acceptors (Lipinski definition) is 4. The Morgan fingerprint density at radius 1 is 0.543 bits per heavy atom. The van der Waals surface area contributed by atoms with Crippen LogP contribution in [0.4, 0.5) is 0 Å². The molecule has 35 heavy (non-hydrogen) atoms. The van der Waals surface area contributed by atoms with Gasteiger partial charge in [0.25, 0.3) is 0 Å². The molecule has 0 saturated carbocycles. The molecular weight excluding hydrogens is 436 g/mol. The van der Waals surface area contributed by atoms with E-state index in [1.807, 2.05) is 0 Å². The van der Waals surface area contributed by atoms with Crippen LogP contribution in [0.2, 0.25) is 0 Å². The molecule has 0 aromatic carbocycles. The first-order valence-corrected chi connectivity index (χ1v) is 15.3. The summed E-state index contributed by atoms with van der Waals surface area (Å²) >= 11 is 0. The van der Waals surface area contributed by atoms with Gasteiger partial charge < -0.3 is 9.47 Å². The molecule has 0 fully saturated rings. The second kappa shape index (κ2) is 26.0. The summed E-state index contributed by atoms with van der Waals surface area (Å²) in [5.41, 5.74) is 0. The van der Waals surface area contributed by atoms with Crippen molar-refractivity contribution in [3.8, 4) is 0 Å². The molecule has 0 aromatic heterocycles. The minimum absolute atomic E-state index is 0.0175. The minimum atomic E-state index is -0.0175. The lowest BCUT2D eigenvalue weighted by molar-refractivity contribution is -0.150. The summed E-state index contributed by atoms with van der Waals surface area (Å²) < 4.78 is 10.9. The lowest BCUT2D eigenvalue weighted by atomic mass is 9.90. The zero-order valence-electron chi connectivity index (χ0n) is 24.1. The molecule has 0 aliphatic heterocycles. The van der Waals surface area contributed by atoms with Crippen molar-refractivity contribution in [2.24, 2.45) is 11.8 Å². The van der Waals surface area contributed by atoms with Crippen LogP contribution in [0.25, 0.3) is 0 Å². The Labute approximate surface area is 218 Å². The van der Waals surface area contributed by atoms with Crippen molar-refractivity contribution >= 4 is 11.9 Å². The van der Waals surface area contributed by atoms with E-state index in [2.05, 4.69) is 27.7 Å². The van der Waals surface area contributed by atoms with E-state index in [0.717, 1.165) is 38.5 Å². The van der Waals surface area contributed by atoms with E-state index in [9.17, 15) is 9.59 Å². The highest BCUT2D eigenvalue weighted by Crippen LogP contribution is 2.21. The molecule has 0 aliphatic rings. The number of rotatable bonds is 26. The Balaban J connectivity index is 3.56. The molecule has 1 unspecified atom stereocenters. The van der Waals surface area contributed by atoms with Crippen molar-refractivity contribution in [3.63, 3.8) is 0 Å². The summed E-state index contributed by atoms with van der Waals surface area (Å²) in [5.74, 6) is 0.409. The summed E-state index contributed by atoms with van der Waals surface area (Å²) in [6, 6.07) is 0. The lowest BCUT2D eigenvalue weighted by Gasteiger charge is -2.19. The summed E-state index contributed by atoms with van der Waals surface area (Å²) in [5, 5.41) is 0. The van der Waals surface area contributed by atoms with E-state index in [-0.39, 0.29) is 17.9 Å². The maximum atomic E-state index is 12.5. The Kier molecular flexibility index (Phi) is 25.2. The van der Waals surface area contributed by atoms with Gasteiger partial charge in [0.2, 0.25) is 0 Å². The average molecular weight is 497 g/mol. The normalized spacial score (nSPS) is 12.1.